The van der Waals surface area contributed by atoms with Gasteiger partial charge in [0, 0.05) is 13.3 Å². The van der Waals surface area contributed by atoms with Gasteiger partial charge in [0.15, 0.2) is 8.24 Å². The van der Waals surface area contributed by atoms with Crippen molar-refractivity contribution in [3.05, 3.63) is 10.4 Å². The lowest BCUT2D eigenvalue weighted by atomic mass is 10.1. The molecule has 0 aliphatic carbocycles. The number of rotatable bonds is 8. The molecule has 0 radical (unpaired) electrons. The Morgan fingerprint density at radius 1 is 1.40 bits per heavy atom. The number of aliphatic hydroxyl groups is 1. The van der Waals surface area contributed by atoms with Gasteiger partial charge in [-0.2, -0.15) is 0 Å². The molecule has 1 aliphatic rings. The molecule has 3 atom stereocenters. The molecule has 0 spiro atoms. The quantitative estimate of drug-likeness (QED) is 0.418. The minimum atomic E-state index is -3.33. The molecule has 0 fully saturated rings. The lowest BCUT2D eigenvalue weighted by Crippen LogP contribution is -2.60. The summed E-state index contributed by atoms with van der Waals surface area (Å²) in [7, 11) is -3.83. The maximum absolute atomic E-state index is 12.1. The number of nitrogens with zero attached hydrogens (tertiary/aromatic N) is 1. The van der Waals surface area contributed by atoms with E-state index >= 15 is 0 Å². The van der Waals surface area contributed by atoms with Crippen molar-refractivity contribution in [1.29, 1.82) is 4.78 Å². The highest BCUT2D eigenvalue weighted by atomic mass is 32.3. The molecule has 2 unspecified atom stereocenters. The maximum atomic E-state index is 12.1. The summed E-state index contributed by atoms with van der Waals surface area (Å²) >= 11 is 1.21. The van der Waals surface area contributed by atoms with Crippen molar-refractivity contribution in [1.82, 2.24) is 4.57 Å². The van der Waals surface area contributed by atoms with Gasteiger partial charge in [-0.15, -0.1) is 0 Å². The van der Waals surface area contributed by atoms with Crippen LogP contribution in [0.25, 0.3) is 0 Å². The molecule has 4 N–H and O–H groups in total. The molecule has 0 saturated carbocycles. The Hall–Kier alpha value is -0.103. The molecule has 148 valence electrons. The second-order valence-electron chi connectivity index (χ2n) is 8.14. The molecule has 7 nitrogen and oxygen atoms in total. The number of nitrogens with two attached hydrogens (primary N) is 1. The largest absolute Gasteiger partial charge is 0.388 e. The van der Waals surface area contributed by atoms with Crippen LogP contribution in [0.2, 0.25) is 18.1 Å². The Morgan fingerprint density at radius 2 is 1.96 bits per heavy atom. The minimum absolute atomic E-state index is 0.00223. The second-order valence-corrected chi connectivity index (χ2v) is 16.3. The van der Waals surface area contributed by atoms with E-state index in [1.807, 2.05) is 0 Å². The van der Waals surface area contributed by atoms with Crippen LogP contribution in [-0.4, -0.2) is 60.0 Å². The Bertz CT molecular complexity index is 600. The first-order chi connectivity index (χ1) is 11.1. The van der Waals surface area contributed by atoms with E-state index in [4.69, 9.17) is 19.4 Å². The van der Waals surface area contributed by atoms with Crippen LogP contribution in [0.3, 0.4) is 0 Å². The molecular formula is C15H33N3O4S2Si. The average molecular weight is 412 g/mol. The van der Waals surface area contributed by atoms with Gasteiger partial charge >= 0.3 is 0 Å². The fraction of sp³-hybridized carbons (Fsp3) is 0.867. The monoisotopic (exact) mass is 411 g/mol. The fourth-order valence-electron chi connectivity index (χ4n) is 2.29. The summed E-state index contributed by atoms with van der Waals surface area (Å²) in [6.07, 6.45) is 1.73. The lowest BCUT2D eigenvalue weighted by molar-refractivity contribution is -0.0563. The zero-order chi connectivity index (χ0) is 19.7. The molecule has 0 aromatic rings. The smallest absolute Gasteiger partial charge is 0.156 e. The number of hydrogen-bond acceptors (Lipinski definition) is 7. The van der Waals surface area contributed by atoms with Gasteiger partial charge in [0.2, 0.25) is 0 Å². The molecule has 0 aromatic heterocycles. The molecule has 1 heterocycles. The molecule has 0 amide bonds. The summed E-state index contributed by atoms with van der Waals surface area (Å²) in [6.45, 7) is 13.5. The van der Waals surface area contributed by atoms with Gasteiger partial charge in [-0.1, -0.05) is 45.6 Å². The fourth-order valence-corrected chi connectivity index (χ4v) is 7.52. The van der Waals surface area contributed by atoms with E-state index in [2.05, 4.69) is 38.4 Å². The number of thioether (sulfide) groups is 1. The molecule has 0 aromatic carbocycles. The highest BCUT2D eigenvalue weighted by molar-refractivity contribution is 8.18. The normalized spacial score (nSPS) is 24.0. The average Bonchev–Trinajstić information content (AvgIpc) is 2.89. The molecular weight excluding hydrogens is 378 g/mol. The second kappa shape index (κ2) is 7.87. The van der Waals surface area contributed by atoms with Crippen LogP contribution < -0.4 is 5.14 Å². The maximum Gasteiger partial charge on any atom is 0.156 e. The summed E-state index contributed by atoms with van der Waals surface area (Å²) in [4.78, 5) is 0. The Kier molecular flexibility index (Phi) is 7.22. The van der Waals surface area contributed by atoms with Gasteiger partial charge < -0.3 is 19.1 Å². The first kappa shape index (κ1) is 22.9. The molecule has 1 aliphatic heterocycles. The number of nitrogens with one attached hydrogen (secondary N) is 1. The van der Waals surface area contributed by atoms with Crippen molar-refractivity contribution in [3.8, 4) is 0 Å². The lowest BCUT2D eigenvalue weighted by Gasteiger charge is -2.49. The van der Waals surface area contributed by atoms with Crippen LogP contribution in [-0.2, 0) is 19.4 Å². The van der Waals surface area contributed by atoms with Crippen molar-refractivity contribution < 1.29 is 18.8 Å². The van der Waals surface area contributed by atoms with Crippen molar-refractivity contribution in [2.75, 3.05) is 26.9 Å². The highest BCUT2D eigenvalue weighted by Crippen LogP contribution is 2.49. The highest BCUT2D eigenvalue weighted by Gasteiger charge is 2.51. The first-order valence-corrected chi connectivity index (χ1v) is 13.6. The summed E-state index contributed by atoms with van der Waals surface area (Å²) in [5.41, 5.74) is -1.20. The summed E-state index contributed by atoms with van der Waals surface area (Å²) in [5, 5.41) is 16.2. The van der Waals surface area contributed by atoms with Gasteiger partial charge in [0.25, 0.3) is 0 Å². The van der Waals surface area contributed by atoms with Gasteiger partial charge in [-0.05, 0) is 12.0 Å². The minimum Gasteiger partial charge on any atom is -0.388 e. The topological polar surface area (TPSA) is 109 Å². The third-order valence-corrected chi connectivity index (χ3v) is 13.4. The van der Waals surface area contributed by atoms with Crippen molar-refractivity contribution in [2.45, 2.75) is 56.8 Å². The Morgan fingerprint density at radius 3 is 2.40 bits per heavy atom. The zero-order valence-corrected chi connectivity index (χ0v) is 18.9. The van der Waals surface area contributed by atoms with E-state index in [0.29, 0.717) is 17.5 Å². The Balaban J connectivity index is 3.15. The van der Waals surface area contributed by atoms with Crippen LogP contribution in [0.4, 0.5) is 0 Å². The van der Waals surface area contributed by atoms with Crippen molar-refractivity contribution in [2.24, 2.45) is 5.14 Å². The van der Waals surface area contributed by atoms with E-state index in [0.717, 1.165) is 0 Å². The van der Waals surface area contributed by atoms with Crippen LogP contribution in [0, 0.1) is 4.78 Å². The van der Waals surface area contributed by atoms with E-state index in [1.54, 1.807) is 20.2 Å². The third-order valence-electron chi connectivity index (χ3n) is 4.86. The van der Waals surface area contributed by atoms with Crippen LogP contribution >= 0.6 is 11.8 Å². The molecule has 1 rings (SSSR count). The Labute approximate surface area is 157 Å². The van der Waals surface area contributed by atoms with Crippen molar-refractivity contribution in [3.63, 3.8) is 0 Å². The summed E-state index contributed by atoms with van der Waals surface area (Å²) in [5.74, 6) is 0. The van der Waals surface area contributed by atoms with E-state index in [9.17, 15) is 9.32 Å². The van der Waals surface area contributed by atoms with Crippen LogP contribution in [0.15, 0.2) is 10.4 Å². The molecule has 25 heavy (non-hydrogen) atoms. The number of hydrogen-bond donors (Lipinski definition) is 3. The van der Waals surface area contributed by atoms with Crippen LogP contribution in [0.1, 0.15) is 27.7 Å². The van der Waals surface area contributed by atoms with Gasteiger partial charge in [-0.25, -0.2) is 14.1 Å². The van der Waals surface area contributed by atoms with Gasteiger partial charge in [0.1, 0.15) is 25.1 Å². The SMILES string of the molecule is COCCOC[C@@](C)(O)C1SC(S(=N)(N)=O)=CN1[Si](C)(C)C(C)(C)C. The zero-order valence-electron chi connectivity index (χ0n) is 16.3. The standard InChI is InChI=1S/C15H33N3O4S2Si/c1-14(2,3)25(6,7)18-10-12(24(16,17)20)23-13(18)15(4,19)11-22-9-8-21-5/h10,13,19H,8-9,11H2,1-7H3,(H3,16,17,20)/t13?,15-/m1/s1. The molecule has 0 bridgehead atoms. The first-order valence-electron chi connectivity index (χ1n) is 8.17. The van der Waals surface area contributed by atoms with E-state index in [-0.39, 0.29) is 11.6 Å². The van der Waals surface area contributed by atoms with Gasteiger partial charge in [-0.3, -0.25) is 0 Å². The number of methoxy groups -OCH3 is 1. The van der Waals surface area contributed by atoms with Gasteiger partial charge in [0.05, 0.1) is 19.8 Å². The van der Waals surface area contributed by atoms with Crippen LogP contribution in [0.5, 0.6) is 0 Å². The summed E-state index contributed by atoms with van der Waals surface area (Å²) in [6, 6.07) is 0. The molecule has 10 heteroatoms. The molecule has 0 saturated heterocycles. The van der Waals surface area contributed by atoms with E-state index < -0.39 is 29.1 Å². The summed E-state index contributed by atoms with van der Waals surface area (Å²) < 4.78 is 32.8. The van der Waals surface area contributed by atoms with E-state index in [1.165, 1.54) is 11.8 Å². The predicted molar refractivity (Wildman–Crippen MR) is 107 cm³/mol. The van der Waals surface area contributed by atoms with Crippen molar-refractivity contribution >= 4 is 29.9 Å². The number of ether oxygens (including phenoxy) is 2. The predicted octanol–water partition coefficient (Wildman–Crippen LogP) is 2.50. The third kappa shape index (κ3) is 5.44.